The van der Waals surface area contributed by atoms with Gasteiger partial charge < -0.3 is 5.11 Å². The van der Waals surface area contributed by atoms with Crippen LogP contribution in [0.2, 0.25) is 0 Å². The summed E-state index contributed by atoms with van der Waals surface area (Å²) >= 11 is 0. The molecule has 1 aliphatic heterocycles. The summed E-state index contributed by atoms with van der Waals surface area (Å²) in [5.74, 6) is 0. The Labute approximate surface area is 162 Å². The largest absolute Gasteiger partial charge is 0.394 e. The lowest BCUT2D eigenvalue weighted by Gasteiger charge is -2.45. The number of aliphatic hydroxyl groups is 1. The smallest absolute Gasteiger partial charge is 0.0628 e. The van der Waals surface area contributed by atoms with Crippen LogP contribution in [-0.2, 0) is 18.4 Å². The molecule has 138 valence electrons. The van der Waals surface area contributed by atoms with Crippen LogP contribution in [0.25, 0.3) is 0 Å². The molecule has 27 heavy (non-hydrogen) atoms. The fourth-order valence-electron chi connectivity index (χ4n) is 4.56. The first-order valence-corrected chi connectivity index (χ1v) is 9.77. The van der Waals surface area contributed by atoms with E-state index in [9.17, 15) is 5.11 Å². The van der Waals surface area contributed by atoms with Crippen LogP contribution in [0.1, 0.15) is 35.2 Å². The summed E-state index contributed by atoms with van der Waals surface area (Å²) in [7, 11) is 0. The lowest BCUT2D eigenvalue weighted by Crippen LogP contribution is -2.48. The number of benzene rings is 3. The zero-order chi connectivity index (χ0) is 18.7. The predicted molar refractivity (Wildman–Crippen MR) is 111 cm³/mol. The maximum Gasteiger partial charge on any atom is 0.0628 e. The Morgan fingerprint density at radius 3 is 2.11 bits per heavy atom. The van der Waals surface area contributed by atoms with Crippen molar-refractivity contribution in [1.82, 2.24) is 4.90 Å². The summed E-state index contributed by atoms with van der Waals surface area (Å²) in [4.78, 5) is 2.51. The summed E-state index contributed by atoms with van der Waals surface area (Å²) in [6, 6.07) is 29.9. The van der Waals surface area contributed by atoms with Gasteiger partial charge in [-0.2, -0.15) is 0 Å². The number of nitrogens with zero attached hydrogens (tertiary/aromatic N) is 1. The van der Waals surface area contributed by atoms with Crippen LogP contribution in [0.15, 0.2) is 84.9 Å². The molecule has 2 nitrogen and oxygen atoms in total. The third kappa shape index (κ3) is 3.43. The van der Waals surface area contributed by atoms with E-state index in [4.69, 9.17) is 0 Å². The van der Waals surface area contributed by atoms with Crippen molar-refractivity contribution in [2.75, 3.05) is 13.2 Å². The van der Waals surface area contributed by atoms with E-state index in [2.05, 4.69) is 90.7 Å². The normalized spacial score (nSPS) is 21.3. The Morgan fingerprint density at radius 1 is 0.852 bits per heavy atom. The first kappa shape index (κ1) is 18.0. The average Bonchev–Trinajstić information content (AvgIpc) is 2.88. The van der Waals surface area contributed by atoms with Crippen LogP contribution < -0.4 is 0 Å². The second-order valence-corrected chi connectivity index (χ2v) is 7.64. The molecule has 0 unspecified atom stereocenters. The van der Waals surface area contributed by atoms with E-state index in [1.165, 1.54) is 22.3 Å². The van der Waals surface area contributed by atoms with Gasteiger partial charge in [0.25, 0.3) is 0 Å². The highest BCUT2D eigenvalue weighted by Gasteiger charge is 2.40. The Kier molecular flexibility index (Phi) is 5.11. The zero-order valence-corrected chi connectivity index (χ0v) is 15.9. The van der Waals surface area contributed by atoms with E-state index in [-0.39, 0.29) is 18.2 Å². The van der Waals surface area contributed by atoms with Crippen LogP contribution in [0.5, 0.6) is 0 Å². The fraction of sp³-hybridized carbons (Fsp3) is 0.280. The molecular weight excluding hydrogens is 330 g/mol. The van der Waals surface area contributed by atoms with Gasteiger partial charge in [0.05, 0.1) is 12.6 Å². The molecule has 1 aliphatic rings. The van der Waals surface area contributed by atoms with E-state index >= 15 is 0 Å². The summed E-state index contributed by atoms with van der Waals surface area (Å²) in [5.41, 5.74) is 5.13. The topological polar surface area (TPSA) is 23.5 Å². The summed E-state index contributed by atoms with van der Waals surface area (Å²) in [6.45, 7) is 3.36. The van der Waals surface area contributed by atoms with Crippen molar-refractivity contribution in [3.05, 3.63) is 107 Å². The Bertz CT molecular complexity index is 877. The molecule has 3 aromatic rings. The highest BCUT2D eigenvalue weighted by Crippen LogP contribution is 2.41. The van der Waals surface area contributed by atoms with Gasteiger partial charge >= 0.3 is 0 Å². The molecule has 0 aromatic heterocycles. The standard InChI is InChI=1S/C25H27NO/c1-25(23-14-6-3-7-15-23)18-22-13-9-8-10-20(22)16-17-26(25)24(19-27)21-11-4-2-5-12-21/h2-15,24,27H,16-19H2,1H3/t24-,25+/m0/s1. The summed E-state index contributed by atoms with van der Waals surface area (Å²) in [5, 5.41) is 10.4. The van der Waals surface area contributed by atoms with E-state index in [1.54, 1.807) is 0 Å². The Hall–Kier alpha value is -2.42. The van der Waals surface area contributed by atoms with E-state index in [1.807, 2.05) is 6.07 Å². The maximum absolute atomic E-state index is 10.4. The van der Waals surface area contributed by atoms with Gasteiger partial charge in [0.1, 0.15) is 0 Å². The molecule has 0 radical (unpaired) electrons. The van der Waals surface area contributed by atoms with E-state index in [0.29, 0.717) is 0 Å². The van der Waals surface area contributed by atoms with Crippen molar-refractivity contribution in [2.24, 2.45) is 0 Å². The first-order chi connectivity index (χ1) is 13.2. The van der Waals surface area contributed by atoms with Gasteiger partial charge in [0.2, 0.25) is 0 Å². The molecule has 4 rings (SSSR count). The second kappa shape index (κ2) is 7.67. The Balaban J connectivity index is 1.83. The minimum absolute atomic E-state index is 0.0225. The molecule has 0 spiro atoms. The van der Waals surface area contributed by atoms with E-state index < -0.39 is 0 Å². The van der Waals surface area contributed by atoms with Gasteiger partial charge in [-0.15, -0.1) is 0 Å². The predicted octanol–water partition coefficient (Wildman–Crippen LogP) is 4.74. The van der Waals surface area contributed by atoms with Crippen LogP contribution in [-0.4, -0.2) is 23.2 Å². The lowest BCUT2D eigenvalue weighted by molar-refractivity contribution is 0.0257. The van der Waals surface area contributed by atoms with Gasteiger partial charge in [-0.1, -0.05) is 84.9 Å². The zero-order valence-electron chi connectivity index (χ0n) is 15.9. The van der Waals surface area contributed by atoms with Gasteiger partial charge in [0, 0.05) is 12.1 Å². The first-order valence-electron chi connectivity index (χ1n) is 9.77. The van der Waals surface area contributed by atoms with Gasteiger partial charge in [0.15, 0.2) is 0 Å². The van der Waals surface area contributed by atoms with Crippen LogP contribution >= 0.6 is 0 Å². The molecule has 2 heteroatoms. The van der Waals surface area contributed by atoms with Gasteiger partial charge in [-0.05, 0) is 42.0 Å². The molecule has 0 saturated heterocycles. The minimum Gasteiger partial charge on any atom is -0.394 e. The molecule has 2 atom stereocenters. The number of aliphatic hydroxyl groups excluding tert-OH is 1. The molecular formula is C25H27NO. The fourth-order valence-corrected chi connectivity index (χ4v) is 4.56. The van der Waals surface area contributed by atoms with Crippen molar-refractivity contribution in [3.8, 4) is 0 Å². The molecule has 3 aromatic carbocycles. The number of hydrogen-bond donors (Lipinski definition) is 1. The third-order valence-corrected chi connectivity index (χ3v) is 6.04. The molecule has 1 heterocycles. The molecule has 0 aliphatic carbocycles. The second-order valence-electron chi connectivity index (χ2n) is 7.64. The van der Waals surface area contributed by atoms with Crippen molar-refractivity contribution in [3.63, 3.8) is 0 Å². The number of rotatable bonds is 4. The minimum atomic E-state index is -0.183. The van der Waals surface area contributed by atoms with E-state index in [0.717, 1.165) is 19.4 Å². The monoisotopic (exact) mass is 357 g/mol. The molecule has 1 N–H and O–H groups in total. The highest BCUT2D eigenvalue weighted by atomic mass is 16.3. The van der Waals surface area contributed by atoms with Crippen molar-refractivity contribution in [2.45, 2.75) is 31.3 Å². The van der Waals surface area contributed by atoms with Crippen LogP contribution in [0.4, 0.5) is 0 Å². The lowest BCUT2D eigenvalue weighted by atomic mass is 9.82. The third-order valence-electron chi connectivity index (χ3n) is 6.04. The van der Waals surface area contributed by atoms with Crippen LogP contribution in [0, 0.1) is 0 Å². The highest BCUT2D eigenvalue weighted by molar-refractivity contribution is 5.36. The number of hydrogen-bond acceptors (Lipinski definition) is 2. The quantitative estimate of drug-likeness (QED) is 0.729. The van der Waals surface area contributed by atoms with Crippen molar-refractivity contribution < 1.29 is 5.11 Å². The van der Waals surface area contributed by atoms with Gasteiger partial charge in [-0.25, -0.2) is 0 Å². The SMILES string of the molecule is C[C@]1(c2ccccc2)Cc2ccccc2CCN1[C@@H](CO)c1ccccc1. The molecule has 0 fully saturated rings. The van der Waals surface area contributed by atoms with Crippen molar-refractivity contribution >= 4 is 0 Å². The summed E-state index contributed by atoms with van der Waals surface area (Å²) in [6.07, 6.45) is 1.94. The summed E-state index contributed by atoms with van der Waals surface area (Å²) < 4.78 is 0. The molecule has 0 saturated carbocycles. The maximum atomic E-state index is 10.4. The Morgan fingerprint density at radius 2 is 1.44 bits per heavy atom. The number of fused-ring (bicyclic) bond motifs is 1. The molecule has 0 bridgehead atoms. The molecule has 0 amide bonds. The van der Waals surface area contributed by atoms with Crippen LogP contribution in [0.3, 0.4) is 0 Å². The van der Waals surface area contributed by atoms with Crippen molar-refractivity contribution in [1.29, 1.82) is 0 Å². The van der Waals surface area contributed by atoms with Gasteiger partial charge in [-0.3, -0.25) is 4.90 Å². The average molecular weight is 357 g/mol.